The number of hydrogen-bond donors (Lipinski definition) is 1. The van der Waals surface area contributed by atoms with Crippen LogP contribution in [0.15, 0.2) is 56.7 Å². The second kappa shape index (κ2) is 4.89. The second-order valence-corrected chi connectivity index (χ2v) is 5.20. The molecule has 0 spiro atoms. The zero-order chi connectivity index (χ0) is 11.5. The molecule has 0 aliphatic rings. The van der Waals surface area contributed by atoms with Crippen molar-refractivity contribution >= 4 is 27.7 Å². The van der Waals surface area contributed by atoms with Crippen LogP contribution in [-0.4, -0.2) is 5.11 Å². The van der Waals surface area contributed by atoms with Crippen molar-refractivity contribution in [3.8, 4) is 5.75 Å². The van der Waals surface area contributed by atoms with E-state index in [4.69, 9.17) is 5.11 Å². The molecule has 0 bridgehead atoms. The van der Waals surface area contributed by atoms with E-state index in [2.05, 4.69) is 15.9 Å². The number of benzene rings is 2. The summed E-state index contributed by atoms with van der Waals surface area (Å²) in [6, 6.07) is 11.6. The maximum atomic E-state index is 13.5. The first kappa shape index (κ1) is 11.5. The molecule has 0 atom stereocenters. The smallest absolute Gasteiger partial charge is 0.138 e. The third kappa shape index (κ3) is 2.77. The summed E-state index contributed by atoms with van der Waals surface area (Å²) in [6.07, 6.45) is 0. The van der Waals surface area contributed by atoms with Gasteiger partial charge >= 0.3 is 0 Å². The molecule has 4 heteroatoms. The van der Waals surface area contributed by atoms with Crippen LogP contribution in [0.2, 0.25) is 0 Å². The Morgan fingerprint density at radius 3 is 2.38 bits per heavy atom. The average Bonchev–Trinajstić information content (AvgIpc) is 2.25. The van der Waals surface area contributed by atoms with Crippen molar-refractivity contribution in [2.24, 2.45) is 0 Å². The summed E-state index contributed by atoms with van der Waals surface area (Å²) in [5.74, 6) is -0.0481. The minimum Gasteiger partial charge on any atom is -0.508 e. The van der Waals surface area contributed by atoms with Crippen molar-refractivity contribution < 1.29 is 9.50 Å². The number of halogens is 2. The van der Waals surface area contributed by atoms with E-state index in [1.165, 1.54) is 17.8 Å². The fourth-order valence-corrected chi connectivity index (χ4v) is 2.35. The number of phenols is 1. The Labute approximate surface area is 105 Å². The molecular weight excluding hydrogens is 291 g/mol. The van der Waals surface area contributed by atoms with Crippen molar-refractivity contribution in [3.63, 3.8) is 0 Å². The fourth-order valence-electron chi connectivity index (χ4n) is 1.20. The zero-order valence-corrected chi connectivity index (χ0v) is 10.6. The van der Waals surface area contributed by atoms with Crippen LogP contribution in [0, 0.1) is 5.82 Å². The summed E-state index contributed by atoms with van der Waals surface area (Å²) in [7, 11) is 0. The Morgan fingerprint density at radius 1 is 1.06 bits per heavy atom. The van der Waals surface area contributed by atoms with E-state index >= 15 is 0 Å². The average molecular weight is 299 g/mol. The number of phenolic OH excluding ortho intramolecular Hbond substituents is 1. The summed E-state index contributed by atoms with van der Waals surface area (Å²) >= 11 is 4.53. The highest BCUT2D eigenvalue weighted by molar-refractivity contribution is 9.10. The molecule has 0 radical (unpaired) electrons. The van der Waals surface area contributed by atoms with Gasteiger partial charge in [0.1, 0.15) is 11.6 Å². The molecule has 0 unspecified atom stereocenters. The molecule has 2 aromatic rings. The molecule has 16 heavy (non-hydrogen) atoms. The van der Waals surface area contributed by atoms with Gasteiger partial charge in [0.05, 0.1) is 0 Å². The Balaban J connectivity index is 2.23. The Kier molecular flexibility index (Phi) is 3.51. The van der Waals surface area contributed by atoms with E-state index in [1.54, 1.807) is 36.4 Å². The number of aromatic hydroxyl groups is 1. The predicted molar refractivity (Wildman–Crippen MR) is 66.3 cm³/mol. The molecule has 2 aromatic carbocycles. The van der Waals surface area contributed by atoms with Gasteiger partial charge in [-0.15, -0.1) is 0 Å². The molecule has 2 rings (SSSR count). The van der Waals surface area contributed by atoms with E-state index in [0.717, 1.165) is 9.37 Å². The monoisotopic (exact) mass is 298 g/mol. The molecule has 0 aliphatic carbocycles. The summed E-state index contributed by atoms with van der Waals surface area (Å²) in [5.41, 5.74) is 0. The molecule has 0 aliphatic heterocycles. The molecule has 0 heterocycles. The lowest BCUT2D eigenvalue weighted by molar-refractivity contribution is 0.475. The van der Waals surface area contributed by atoms with Crippen LogP contribution in [0.4, 0.5) is 4.39 Å². The summed E-state index contributed by atoms with van der Waals surface area (Å²) in [4.78, 5) is 1.45. The minimum atomic E-state index is -0.257. The molecule has 0 fully saturated rings. The first-order chi connectivity index (χ1) is 7.65. The van der Waals surface area contributed by atoms with E-state index in [-0.39, 0.29) is 11.6 Å². The highest BCUT2D eigenvalue weighted by Gasteiger charge is 2.04. The Morgan fingerprint density at radius 2 is 1.75 bits per heavy atom. The number of rotatable bonds is 2. The highest BCUT2D eigenvalue weighted by Crippen LogP contribution is 2.31. The van der Waals surface area contributed by atoms with Crippen molar-refractivity contribution in [1.29, 1.82) is 0 Å². The van der Waals surface area contributed by atoms with Gasteiger partial charge in [0.25, 0.3) is 0 Å². The van der Waals surface area contributed by atoms with Gasteiger partial charge in [-0.1, -0.05) is 27.7 Å². The van der Waals surface area contributed by atoms with Crippen molar-refractivity contribution in [2.75, 3.05) is 0 Å². The first-order valence-electron chi connectivity index (χ1n) is 4.57. The Hall–Kier alpha value is -1.00. The molecule has 1 nitrogen and oxygen atoms in total. The van der Waals surface area contributed by atoms with Crippen LogP contribution in [0.5, 0.6) is 5.75 Å². The quantitative estimate of drug-likeness (QED) is 0.884. The van der Waals surface area contributed by atoms with Gasteiger partial charge in [-0.2, -0.15) is 0 Å². The van der Waals surface area contributed by atoms with E-state index < -0.39 is 0 Å². The van der Waals surface area contributed by atoms with Gasteiger partial charge in [-0.3, -0.25) is 0 Å². The van der Waals surface area contributed by atoms with Crippen molar-refractivity contribution in [2.45, 2.75) is 9.79 Å². The van der Waals surface area contributed by atoms with E-state index in [9.17, 15) is 4.39 Å². The molecular formula is C12H8BrFOS. The zero-order valence-electron chi connectivity index (χ0n) is 8.15. The Bertz CT molecular complexity index is 499. The van der Waals surface area contributed by atoms with Crippen LogP contribution in [-0.2, 0) is 0 Å². The molecule has 0 aromatic heterocycles. The summed E-state index contributed by atoms with van der Waals surface area (Å²) in [6.45, 7) is 0. The van der Waals surface area contributed by atoms with E-state index in [0.29, 0.717) is 4.90 Å². The molecule has 0 saturated heterocycles. The lowest BCUT2D eigenvalue weighted by atomic mass is 10.3. The van der Waals surface area contributed by atoms with Crippen LogP contribution in [0.1, 0.15) is 0 Å². The number of hydrogen-bond acceptors (Lipinski definition) is 2. The third-order valence-corrected chi connectivity index (χ3v) is 3.51. The van der Waals surface area contributed by atoms with Gasteiger partial charge in [0.15, 0.2) is 0 Å². The SMILES string of the molecule is Oc1ccc(Sc2ccc(Br)cc2F)cc1. The lowest BCUT2D eigenvalue weighted by Gasteiger charge is -2.03. The molecule has 0 saturated carbocycles. The first-order valence-corrected chi connectivity index (χ1v) is 6.18. The molecule has 0 amide bonds. The largest absolute Gasteiger partial charge is 0.508 e. The predicted octanol–water partition coefficient (Wildman–Crippen LogP) is 4.45. The van der Waals surface area contributed by atoms with Crippen LogP contribution in [0.25, 0.3) is 0 Å². The van der Waals surface area contributed by atoms with E-state index in [1.807, 2.05) is 0 Å². The topological polar surface area (TPSA) is 20.2 Å². The van der Waals surface area contributed by atoms with Crippen molar-refractivity contribution in [1.82, 2.24) is 0 Å². The summed E-state index contributed by atoms with van der Waals surface area (Å²) < 4.78 is 14.2. The molecule has 1 N–H and O–H groups in total. The third-order valence-electron chi connectivity index (χ3n) is 1.96. The normalized spacial score (nSPS) is 10.4. The van der Waals surface area contributed by atoms with Crippen LogP contribution in [0.3, 0.4) is 0 Å². The minimum absolute atomic E-state index is 0.209. The highest BCUT2D eigenvalue weighted by atomic mass is 79.9. The van der Waals surface area contributed by atoms with Gasteiger partial charge < -0.3 is 5.11 Å². The van der Waals surface area contributed by atoms with Gasteiger partial charge in [0.2, 0.25) is 0 Å². The van der Waals surface area contributed by atoms with Crippen molar-refractivity contribution in [3.05, 3.63) is 52.8 Å². The summed E-state index contributed by atoms with van der Waals surface area (Å²) in [5, 5.41) is 9.12. The van der Waals surface area contributed by atoms with Crippen LogP contribution < -0.4 is 0 Å². The lowest BCUT2D eigenvalue weighted by Crippen LogP contribution is -1.80. The second-order valence-electron chi connectivity index (χ2n) is 3.17. The van der Waals surface area contributed by atoms with Gasteiger partial charge in [-0.25, -0.2) is 4.39 Å². The standard InChI is InChI=1S/C12H8BrFOS/c13-8-1-6-12(11(14)7-8)16-10-4-2-9(15)3-5-10/h1-7,15H. The van der Waals surface area contributed by atoms with Gasteiger partial charge in [0, 0.05) is 14.3 Å². The fraction of sp³-hybridized carbons (Fsp3) is 0. The molecule has 82 valence electrons. The van der Waals surface area contributed by atoms with Crippen LogP contribution >= 0.6 is 27.7 Å². The maximum Gasteiger partial charge on any atom is 0.138 e. The van der Waals surface area contributed by atoms with Gasteiger partial charge in [-0.05, 0) is 42.5 Å². The maximum absolute atomic E-state index is 13.5.